The summed E-state index contributed by atoms with van der Waals surface area (Å²) in [5.41, 5.74) is 1.95. The zero-order chi connectivity index (χ0) is 15.9. The average molecular weight is 377 g/mol. The number of likely N-dealkylation sites (N-methyl/N-ethyl adjacent to an activating group) is 2. The molecule has 138 valence electrons. The molecule has 5 nitrogen and oxygen atoms in total. The van der Waals surface area contributed by atoms with Gasteiger partial charge in [-0.05, 0) is 38.7 Å². The predicted molar refractivity (Wildman–Crippen MR) is 105 cm³/mol. The highest BCUT2D eigenvalue weighted by molar-refractivity contribution is 5.94. The lowest BCUT2D eigenvalue weighted by atomic mass is 10.1. The zero-order valence-electron chi connectivity index (χ0n) is 14.7. The van der Waals surface area contributed by atoms with Crippen molar-refractivity contribution in [3.63, 3.8) is 0 Å². The van der Waals surface area contributed by atoms with Gasteiger partial charge in [-0.15, -0.1) is 24.8 Å². The van der Waals surface area contributed by atoms with Crippen molar-refractivity contribution in [2.45, 2.75) is 19.5 Å². The minimum atomic E-state index is 0. The van der Waals surface area contributed by atoms with Gasteiger partial charge >= 0.3 is 0 Å². The summed E-state index contributed by atoms with van der Waals surface area (Å²) in [6.07, 6.45) is 0. The lowest BCUT2D eigenvalue weighted by Crippen LogP contribution is -2.43. The molecule has 1 amide bonds. The van der Waals surface area contributed by atoms with E-state index in [9.17, 15) is 4.79 Å². The highest BCUT2D eigenvalue weighted by Crippen LogP contribution is 2.10. The Hall–Kier alpha value is -0.850. The minimum Gasteiger partial charge on any atom is -0.350 e. The van der Waals surface area contributed by atoms with Gasteiger partial charge in [0.15, 0.2) is 0 Å². The molecule has 1 aromatic rings. The maximum absolute atomic E-state index is 12.2. The molecule has 2 N–H and O–H groups in total. The highest BCUT2D eigenvalue weighted by atomic mass is 35.5. The van der Waals surface area contributed by atoms with Crippen LogP contribution in [0.25, 0.3) is 0 Å². The third-order valence-corrected chi connectivity index (χ3v) is 4.25. The van der Waals surface area contributed by atoms with E-state index < -0.39 is 0 Å². The molecule has 0 aromatic heterocycles. The summed E-state index contributed by atoms with van der Waals surface area (Å²) < 4.78 is 0. The van der Waals surface area contributed by atoms with Gasteiger partial charge in [0, 0.05) is 50.9 Å². The quantitative estimate of drug-likeness (QED) is 0.791. The molecule has 24 heavy (non-hydrogen) atoms. The van der Waals surface area contributed by atoms with E-state index in [0.29, 0.717) is 6.54 Å². The predicted octanol–water partition coefficient (Wildman–Crippen LogP) is 1.62. The van der Waals surface area contributed by atoms with Crippen LogP contribution in [0.1, 0.15) is 22.8 Å². The van der Waals surface area contributed by atoms with Crippen LogP contribution in [0, 0.1) is 0 Å². The van der Waals surface area contributed by atoms with Gasteiger partial charge in [-0.2, -0.15) is 0 Å². The lowest BCUT2D eigenvalue weighted by Gasteiger charge is -2.32. The summed E-state index contributed by atoms with van der Waals surface area (Å²) in [5.74, 6) is 0.00216. The molecule has 0 bridgehead atoms. The molecule has 0 spiro atoms. The number of benzene rings is 1. The maximum Gasteiger partial charge on any atom is 0.251 e. The number of carbonyl (C=O) groups is 1. The van der Waals surface area contributed by atoms with Gasteiger partial charge in [0.1, 0.15) is 0 Å². The fourth-order valence-corrected chi connectivity index (χ4v) is 2.53. The standard InChI is InChI=1S/C17H28N4O.2ClH/c1-14(18-2)12-19-17(22)16-6-4-5-15(11-16)13-21-9-7-20(3)8-10-21;;/h4-6,11,14,18H,7-10,12-13H2,1-3H3,(H,19,22);2*1H. The minimum absolute atomic E-state index is 0. The summed E-state index contributed by atoms with van der Waals surface area (Å²) >= 11 is 0. The topological polar surface area (TPSA) is 47.6 Å². The molecule has 0 radical (unpaired) electrons. The van der Waals surface area contributed by atoms with E-state index in [1.54, 1.807) is 0 Å². The van der Waals surface area contributed by atoms with Crippen molar-refractivity contribution >= 4 is 30.7 Å². The van der Waals surface area contributed by atoms with Crippen LogP contribution in [0.4, 0.5) is 0 Å². The molecule has 1 aliphatic rings. The molecule has 1 fully saturated rings. The second-order valence-corrected chi connectivity index (χ2v) is 6.18. The van der Waals surface area contributed by atoms with Crippen molar-refractivity contribution in [2.24, 2.45) is 0 Å². The van der Waals surface area contributed by atoms with E-state index in [2.05, 4.69) is 33.5 Å². The van der Waals surface area contributed by atoms with Crippen molar-refractivity contribution in [1.29, 1.82) is 0 Å². The number of hydrogen-bond donors (Lipinski definition) is 2. The molecule has 0 saturated carbocycles. The number of amides is 1. The third-order valence-electron chi connectivity index (χ3n) is 4.25. The SMILES string of the molecule is CNC(C)CNC(=O)c1cccc(CN2CCN(C)CC2)c1.Cl.Cl. The van der Waals surface area contributed by atoms with Gasteiger partial charge in [-0.3, -0.25) is 9.69 Å². The van der Waals surface area contributed by atoms with Gasteiger partial charge in [0.2, 0.25) is 0 Å². The van der Waals surface area contributed by atoms with Crippen LogP contribution in [-0.2, 0) is 6.54 Å². The van der Waals surface area contributed by atoms with E-state index >= 15 is 0 Å². The average Bonchev–Trinajstić information content (AvgIpc) is 2.54. The third kappa shape index (κ3) is 7.36. The fraction of sp³-hybridized carbons (Fsp3) is 0.588. The van der Waals surface area contributed by atoms with E-state index in [0.717, 1.165) is 38.3 Å². The first kappa shape index (κ1) is 23.1. The fourth-order valence-electron chi connectivity index (χ4n) is 2.53. The molecule has 1 heterocycles. The van der Waals surface area contributed by atoms with Crippen LogP contribution in [0.15, 0.2) is 24.3 Å². The van der Waals surface area contributed by atoms with Crippen LogP contribution in [0.2, 0.25) is 0 Å². The first-order valence-corrected chi connectivity index (χ1v) is 8.04. The van der Waals surface area contributed by atoms with Crippen molar-refractivity contribution in [3.05, 3.63) is 35.4 Å². The van der Waals surface area contributed by atoms with E-state index in [1.165, 1.54) is 5.56 Å². The Kier molecular flexibility index (Phi) is 11.2. The van der Waals surface area contributed by atoms with Crippen LogP contribution in [0.5, 0.6) is 0 Å². The molecule has 1 atom stereocenters. The molecular weight excluding hydrogens is 347 g/mol. The number of halogens is 2. The van der Waals surface area contributed by atoms with Crippen molar-refractivity contribution in [2.75, 3.05) is 46.8 Å². The van der Waals surface area contributed by atoms with Gasteiger partial charge in [-0.1, -0.05) is 12.1 Å². The molecule has 1 aliphatic heterocycles. The molecule has 0 aliphatic carbocycles. The van der Waals surface area contributed by atoms with Crippen LogP contribution in [0.3, 0.4) is 0 Å². The number of carbonyl (C=O) groups excluding carboxylic acids is 1. The highest BCUT2D eigenvalue weighted by Gasteiger charge is 2.14. The van der Waals surface area contributed by atoms with Crippen LogP contribution < -0.4 is 10.6 Å². The van der Waals surface area contributed by atoms with E-state index in [-0.39, 0.29) is 36.8 Å². The Balaban J connectivity index is 0.00000264. The number of hydrogen-bond acceptors (Lipinski definition) is 4. The summed E-state index contributed by atoms with van der Waals surface area (Å²) in [4.78, 5) is 17.0. The molecule has 1 aromatic carbocycles. The first-order valence-electron chi connectivity index (χ1n) is 8.04. The molecule has 1 unspecified atom stereocenters. The summed E-state index contributed by atoms with van der Waals surface area (Å²) in [6, 6.07) is 8.25. The Morgan fingerprint density at radius 3 is 2.50 bits per heavy atom. The lowest BCUT2D eigenvalue weighted by molar-refractivity contribution is 0.0950. The van der Waals surface area contributed by atoms with Crippen molar-refractivity contribution in [3.8, 4) is 0 Å². The molecular formula is C17H30Cl2N4O. The van der Waals surface area contributed by atoms with Crippen LogP contribution in [-0.4, -0.2) is 68.6 Å². The monoisotopic (exact) mass is 376 g/mol. The van der Waals surface area contributed by atoms with Gasteiger partial charge < -0.3 is 15.5 Å². The van der Waals surface area contributed by atoms with Gasteiger partial charge in [0.25, 0.3) is 5.91 Å². The molecule has 1 saturated heterocycles. The summed E-state index contributed by atoms with van der Waals surface area (Å²) in [5, 5.41) is 6.08. The van der Waals surface area contributed by atoms with Crippen molar-refractivity contribution < 1.29 is 4.79 Å². The Labute approximate surface area is 158 Å². The van der Waals surface area contributed by atoms with E-state index in [4.69, 9.17) is 0 Å². The van der Waals surface area contributed by atoms with Gasteiger partial charge in [-0.25, -0.2) is 0 Å². The second kappa shape index (κ2) is 11.7. The van der Waals surface area contributed by atoms with Gasteiger partial charge in [0.05, 0.1) is 0 Å². The second-order valence-electron chi connectivity index (χ2n) is 6.18. The number of nitrogens with zero attached hydrogens (tertiary/aromatic N) is 2. The first-order chi connectivity index (χ1) is 10.6. The number of rotatable bonds is 6. The van der Waals surface area contributed by atoms with Crippen molar-refractivity contribution in [1.82, 2.24) is 20.4 Å². The zero-order valence-corrected chi connectivity index (χ0v) is 16.4. The number of nitrogens with one attached hydrogen (secondary N) is 2. The smallest absolute Gasteiger partial charge is 0.251 e. The molecule has 7 heteroatoms. The Morgan fingerprint density at radius 1 is 1.21 bits per heavy atom. The summed E-state index contributed by atoms with van der Waals surface area (Å²) in [7, 11) is 4.06. The normalized spacial score (nSPS) is 16.6. The largest absolute Gasteiger partial charge is 0.350 e. The number of piperazine rings is 1. The summed E-state index contributed by atoms with van der Waals surface area (Å²) in [6.45, 7) is 8.01. The van der Waals surface area contributed by atoms with E-state index in [1.807, 2.05) is 32.2 Å². The maximum atomic E-state index is 12.2. The van der Waals surface area contributed by atoms with Crippen LogP contribution >= 0.6 is 24.8 Å². The Morgan fingerprint density at radius 2 is 1.88 bits per heavy atom. The molecule has 2 rings (SSSR count). The Bertz CT molecular complexity index is 493.